The Balaban J connectivity index is 1.77. The molecule has 11 heteroatoms. The van der Waals surface area contributed by atoms with E-state index in [1.54, 1.807) is 50.2 Å². The molecule has 0 radical (unpaired) electrons. The van der Waals surface area contributed by atoms with Gasteiger partial charge in [-0.3, -0.25) is 0 Å². The highest BCUT2D eigenvalue weighted by Crippen LogP contribution is 2.34. The number of nitrogens with one attached hydrogen (secondary N) is 2. The highest BCUT2D eigenvalue weighted by atomic mass is 79.9. The average molecular weight is 561 g/mol. The number of rotatable bonds is 9. The van der Waals surface area contributed by atoms with Gasteiger partial charge in [0.2, 0.25) is 5.88 Å². The van der Waals surface area contributed by atoms with E-state index < -0.39 is 23.7 Å². The molecule has 0 saturated heterocycles. The van der Waals surface area contributed by atoms with Crippen LogP contribution in [-0.2, 0) is 4.74 Å². The fraction of sp³-hybridized carbons (Fsp3) is 0.280. The van der Waals surface area contributed by atoms with Crippen molar-refractivity contribution in [2.24, 2.45) is 0 Å². The first-order valence-corrected chi connectivity index (χ1v) is 12.0. The third-order valence-electron chi connectivity index (χ3n) is 5.87. The van der Waals surface area contributed by atoms with Gasteiger partial charge >= 0.3 is 5.69 Å². The van der Waals surface area contributed by atoms with Crippen molar-refractivity contribution in [2.75, 3.05) is 20.3 Å². The van der Waals surface area contributed by atoms with Crippen LogP contribution in [-0.4, -0.2) is 56.2 Å². The Morgan fingerprint density at radius 1 is 1.19 bits per heavy atom. The second-order valence-electron chi connectivity index (χ2n) is 8.20. The first-order valence-electron chi connectivity index (χ1n) is 11.2. The monoisotopic (exact) mass is 560 g/mol. The van der Waals surface area contributed by atoms with E-state index >= 15 is 0 Å². The highest BCUT2D eigenvalue weighted by Gasteiger charge is 2.31. The van der Waals surface area contributed by atoms with E-state index in [1.165, 1.54) is 17.7 Å². The molecule has 2 atom stereocenters. The Hall–Kier alpha value is -3.41. The molecule has 4 rings (SSSR count). The van der Waals surface area contributed by atoms with Crippen LogP contribution in [0.15, 0.2) is 51.7 Å². The Labute approximate surface area is 214 Å². The Morgan fingerprint density at radius 3 is 2.56 bits per heavy atom. The van der Waals surface area contributed by atoms with Crippen LogP contribution in [0, 0.1) is 12.7 Å². The number of aromatic amines is 2. The minimum absolute atomic E-state index is 0.111. The number of imidazole rings is 2. The van der Waals surface area contributed by atoms with Gasteiger partial charge in [-0.2, -0.15) is 0 Å². The molecule has 4 N–H and O–H groups in total. The molecule has 0 fully saturated rings. The molecule has 0 aliphatic heterocycles. The summed E-state index contributed by atoms with van der Waals surface area (Å²) >= 11 is 3.26. The minimum Gasteiger partial charge on any atom is -0.493 e. The van der Waals surface area contributed by atoms with Crippen molar-refractivity contribution in [2.45, 2.75) is 26.0 Å². The summed E-state index contributed by atoms with van der Waals surface area (Å²) in [6, 6.07) is 10.6. The number of halogens is 2. The zero-order valence-electron chi connectivity index (χ0n) is 19.9. The van der Waals surface area contributed by atoms with E-state index in [1.807, 2.05) is 0 Å². The number of aliphatic hydroxyl groups is 1. The second kappa shape index (κ2) is 10.7. The van der Waals surface area contributed by atoms with Crippen LogP contribution in [0.5, 0.6) is 11.6 Å². The van der Waals surface area contributed by atoms with E-state index in [9.17, 15) is 14.3 Å². The van der Waals surface area contributed by atoms with Crippen LogP contribution < -0.4 is 10.4 Å². The maximum Gasteiger partial charge on any atom is 0.329 e. The topological polar surface area (TPSA) is 125 Å². The number of methoxy groups -OCH3 is 1. The van der Waals surface area contributed by atoms with Gasteiger partial charge in [0.1, 0.15) is 35.7 Å². The molecular weight excluding hydrogens is 535 g/mol. The number of aromatic hydroxyl groups is 1. The minimum atomic E-state index is -0.842. The van der Waals surface area contributed by atoms with Gasteiger partial charge in [-0.1, -0.05) is 15.9 Å². The first kappa shape index (κ1) is 25.7. The van der Waals surface area contributed by atoms with Gasteiger partial charge < -0.3 is 29.7 Å². The largest absolute Gasteiger partial charge is 0.493 e. The van der Waals surface area contributed by atoms with E-state index in [0.717, 1.165) is 0 Å². The molecule has 9 nitrogen and oxygen atoms in total. The van der Waals surface area contributed by atoms with Crippen LogP contribution in [0.25, 0.3) is 22.5 Å². The highest BCUT2D eigenvalue weighted by molar-refractivity contribution is 9.10. The molecule has 0 aliphatic rings. The van der Waals surface area contributed by atoms with Crippen LogP contribution >= 0.6 is 15.9 Å². The van der Waals surface area contributed by atoms with Crippen molar-refractivity contribution in [1.29, 1.82) is 0 Å². The number of H-pyrrole nitrogens is 2. The number of ether oxygens (including phenoxy) is 2. The summed E-state index contributed by atoms with van der Waals surface area (Å²) in [5, 5.41) is 20.0. The predicted octanol–water partition coefficient (Wildman–Crippen LogP) is 4.14. The van der Waals surface area contributed by atoms with Crippen molar-refractivity contribution >= 4 is 15.9 Å². The van der Waals surface area contributed by atoms with Gasteiger partial charge in [0.25, 0.3) is 0 Å². The SMILES string of the molecule is CO[C@H](C)[C@@H](c1nc(-c2ccc(Br)cc2F)c(C)[nH]1)n1c(O)c(-c2ccc(OCCO)cc2)[nH]c1=O. The molecule has 2 aromatic heterocycles. The normalized spacial score (nSPS) is 13.1. The van der Waals surface area contributed by atoms with Gasteiger partial charge in [-0.05, 0) is 56.3 Å². The lowest BCUT2D eigenvalue weighted by atomic mass is 10.1. The molecule has 0 spiro atoms. The van der Waals surface area contributed by atoms with E-state index in [-0.39, 0.29) is 24.8 Å². The van der Waals surface area contributed by atoms with Crippen LogP contribution in [0.1, 0.15) is 24.5 Å². The van der Waals surface area contributed by atoms with Gasteiger partial charge in [-0.25, -0.2) is 18.7 Å². The molecule has 2 aromatic carbocycles. The summed E-state index contributed by atoms with van der Waals surface area (Å²) in [5.74, 6) is 0.120. The Morgan fingerprint density at radius 2 is 1.92 bits per heavy atom. The predicted molar refractivity (Wildman–Crippen MR) is 136 cm³/mol. The molecule has 0 unspecified atom stereocenters. The van der Waals surface area contributed by atoms with Gasteiger partial charge in [0.05, 0.1) is 18.4 Å². The third-order valence-corrected chi connectivity index (χ3v) is 6.36. The molecule has 0 bridgehead atoms. The second-order valence-corrected chi connectivity index (χ2v) is 9.12. The number of hydrogen-bond acceptors (Lipinski definition) is 6. The molecule has 190 valence electrons. The van der Waals surface area contributed by atoms with Crippen molar-refractivity contribution < 1.29 is 24.1 Å². The van der Waals surface area contributed by atoms with Crippen LogP contribution in [0.3, 0.4) is 0 Å². The smallest absolute Gasteiger partial charge is 0.329 e. The number of benzene rings is 2. The molecule has 0 aliphatic carbocycles. The maximum atomic E-state index is 14.7. The summed E-state index contributed by atoms with van der Waals surface area (Å²) in [4.78, 5) is 23.5. The van der Waals surface area contributed by atoms with Crippen molar-refractivity contribution in [3.05, 3.63) is 74.8 Å². The number of aromatic nitrogens is 4. The standard InChI is InChI=1S/C25H26BrFN4O5/c1-13-20(18-9-6-16(26)12-19(18)27)29-23(28-13)22(14(2)35-3)31-24(33)21(30-25(31)34)15-4-7-17(8-5-15)36-11-10-32/h4-9,12,14,22,32-33H,10-11H2,1-3H3,(H,28,29)(H,30,34)/t14-,22+/m1/s1. The molecule has 36 heavy (non-hydrogen) atoms. The lowest BCUT2D eigenvalue weighted by Crippen LogP contribution is -2.32. The lowest BCUT2D eigenvalue weighted by molar-refractivity contribution is 0.0784. The number of aryl methyl sites for hydroxylation is 1. The Bertz CT molecular complexity index is 1410. The summed E-state index contributed by atoms with van der Waals surface area (Å²) in [5.41, 5.74) is 1.49. The van der Waals surface area contributed by atoms with Crippen molar-refractivity contribution in [3.63, 3.8) is 0 Å². The van der Waals surface area contributed by atoms with E-state index in [0.29, 0.717) is 38.6 Å². The fourth-order valence-electron chi connectivity index (χ4n) is 4.03. The molecule has 0 saturated carbocycles. The Kier molecular flexibility index (Phi) is 7.62. The molecule has 0 amide bonds. The quantitative estimate of drug-likeness (QED) is 0.244. The summed E-state index contributed by atoms with van der Waals surface area (Å²) < 4.78 is 27.3. The van der Waals surface area contributed by atoms with Crippen molar-refractivity contribution in [3.8, 4) is 34.1 Å². The van der Waals surface area contributed by atoms with E-state index in [2.05, 4.69) is 30.9 Å². The molecular formula is C25H26BrFN4O5. The van der Waals surface area contributed by atoms with Crippen LogP contribution in [0.2, 0.25) is 0 Å². The first-order chi connectivity index (χ1) is 17.2. The fourth-order valence-corrected chi connectivity index (χ4v) is 4.36. The van der Waals surface area contributed by atoms with Crippen LogP contribution in [0.4, 0.5) is 4.39 Å². The maximum absolute atomic E-state index is 14.7. The number of nitrogens with zero attached hydrogens (tertiary/aromatic N) is 2. The van der Waals surface area contributed by atoms with Gasteiger partial charge in [0.15, 0.2) is 0 Å². The summed E-state index contributed by atoms with van der Waals surface area (Å²) in [7, 11) is 1.49. The molecule has 4 aromatic rings. The van der Waals surface area contributed by atoms with Gasteiger partial charge in [0, 0.05) is 28.4 Å². The van der Waals surface area contributed by atoms with Crippen molar-refractivity contribution in [1.82, 2.24) is 19.5 Å². The summed E-state index contributed by atoms with van der Waals surface area (Å²) in [6.07, 6.45) is -0.584. The zero-order valence-corrected chi connectivity index (χ0v) is 21.5. The number of hydrogen-bond donors (Lipinski definition) is 4. The summed E-state index contributed by atoms with van der Waals surface area (Å²) in [6.45, 7) is 3.55. The molecule has 2 heterocycles. The van der Waals surface area contributed by atoms with Gasteiger partial charge in [-0.15, -0.1) is 0 Å². The number of aliphatic hydroxyl groups excluding tert-OH is 1. The third kappa shape index (κ3) is 4.95. The average Bonchev–Trinajstić information content (AvgIpc) is 3.37. The van der Waals surface area contributed by atoms with E-state index in [4.69, 9.17) is 14.6 Å². The zero-order chi connectivity index (χ0) is 26.0. The lowest BCUT2D eigenvalue weighted by Gasteiger charge is -2.22.